The molecule has 0 saturated carbocycles. The molecule has 0 saturated heterocycles. The van der Waals surface area contributed by atoms with Gasteiger partial charge in [-0.3, -0.25) is 9.59 Å². The number of amides is 1. The maximum Gasteiger partial charge on any atom is 0.323 e. The largest absolute Gasteiger partial charge is 0.493 e. The van der Waals surface area contributed by atoms with Gasteiger partial charge in [0.05, 0.1) is 7.11 Å². The Balaban J connectivity index is 1.63. The van der Waals surface area contributed by atoms with Gasteiger partial charge in [0, 0.05) is 35.5 Å². The van der Waals surface area contributed by atoms with E-state index in [-0.39, 0.29) is 17.9 Å². The number of benzene rings is 3. The first-order valence-electron chi connectivity index (χ1n) is 11.1. The van der Waals surface area contributed by atoms with Gasteiger partial charge in [-0.15, -0.1) is 0 Å². The van der Waals surface area contributed by atoms with Gasteiger partial charge in [0.1, 0.15) is 18.0 Å². The van der Waals surface area contributed by atoms with Crippen LogP contribution < -0.4 is 9.47 Å². The highest BCUT2D eigenvalue weighted by Crippen LogP contribution is 2.44. The first-order chi connectivity index (χ1) is 16.7. The first-order valence-corrected chi connectivity index (χ1v) is 11.4. The van der Waals surface area contributed by atoms with Gasteiger partial charge in [-0.2, -0.15) is 0 Å². The summed E-state index contributed by atoms with van der Waals surface area (Å²) in [7, 11) is 1.47. The highest BCUT2D eigenvalue weighted by Gasteiger charge is 2.38. The van der Waals surface area contributed by atoms with Gasteiger partial charge in [0.2, 0.25) is 0 Å². The molecule has 3 aromatic carbocycles. The second-order valence-electron chi connectivity index (χ2n) is 8.81. The van der Waals surface area contributed by atoms with E-state index >= 15 is 0 Å². The van der Waals surface area contributed by atoms with Gasteiger partial charge >= 0.3 is 5.97 Å². The molecule has 1 atom stereocenters. The van der Waals surface area contributed by atoms with E-state index in [1.165, 1.54) is 24.1 Å². The molecule has 0 radical (unpaired) electrons. The van der Waals surface area contributed by atoms with E-state index in [0.717, 1.165) is 5.56 Å². The van der Waals surface area contributed by atoms with Crippen LogP contribution in [0, 0.1) is 5.82 Å². The van der Waals surface area contributed by atoms with Crippen molar-refractivity contribution in [3.63, 3.8) is 0 Å². The van der Waals surface area contributed by atoms with Crippen molar-refractivity contribution in [2.24, 2.45) is 0 Å². The van der Waals surface area contributed by atoms with Crippen LogP contribution in [-0.2, 0) is 24.2 Å². The molecule has 1 N–H and O–H groups in total. The smallest absolute Gasteiger partial charge is 0.323 e. The zero-order chi connectivity index (χ0) is 25.2. The number of carboxylic acid groups (broad SMARTS) is 1. The lowest BCUT2D eigenvalue weighted by Crippen LogP contribution is -2.35. The number of halogens is 2. The standard InChI is InChI=1S/C27H25ClFNO5/c1-27(13-17-7-4-6-10-22(17)29)14-20-11-19(12-23(34-2)25(20)35-27)26(33)30(16-24(31)32)15-18-8-3-5-9-21(18)28/h3-12H,13-16H2,1-2H3,(H,31,32)/t27-/m1/s1. The van der Waals surface area contributed by atoms with E-state index in [9.17, 15) is 19.1 Å². The number of aliphatic carboxylic acids is 1. The second kappa shape index (κ2) is 9.96. The van der Waals surface area contributed by atoms with Crippen LogP contribution in [0.5, 0.6) is 11.5 Å². The Bertz CT molecular complexity index is 1280. The third-order valence-corrected chi connectivity index (χ3v) is 6.33. The molecule has 182 valence electrons. The summed E-state index contributed by atoms with van der Waals surface area (Å²) in [4.78, 5) is 26.2. The lowest BCUT2D eigenvalue weighted by atomic mass is 9.91. The van der Waals surface area contributed by atoms with Gasteiger partial charge < -0.3 is 19.5 Å². The SMILES string of the molecule is COc1cc(C(=O)N(CC(=O)O)Cc2ccccc2Cl)cc2c1O[C@](C)(Cc1ccccc1F)C2. The average Bonchev–Trinajstić information content (AvgIpc) is 3.16. The number of rotatable bonds is 8. The van der Waals surface area contributed by atoms with Gasteiger partial charge in [-0.25, -0.2) is 4.39 Å². The molecule has 4 rings (SSSR count). The van der Waals surface area contributed by atoms with Crippen LogP contribution in [0.15, 0.2) is 60.7 Å². The molecular formula is C27H25ClFNO5. The molecule has 35 heavy (non-hydrogen) atoms. The van der Waals surface area contributed by atoms with E-state index < -0.39 is 24.0 Å². The molecule has 3 aromatic rings. The van der Waals surface area contributed by atoms with Crippen LogP contribution in [0.25, 0.3) is 0 Å². The molecule has 0 bridgehead atoms. The molecule has 8 heteroatoms. The van der Waals surface area contributed by atoms with Crippen LogP contribution in [0.4, 0.5) is 4.39 Å². The third kappa shape index (κ3) is 5.41. The molecule has 1 aliphatic rings. The number of nitrogens with zero attached hydrogens (tertiary/aromatic N) is 1. The van der Waals surface area contributed by atoms with E-state index in [4.69, 9.17) is 21.1 Å². The average molecular weight is 498 g/mol. The summed E-state index contributed by atoms with van der Waals surface area (Å²) in [5.74, 6) is -1.06. The van der Waals surface area contributed by atoms with Crippen LogP contribution in [0.1, 0.15) is 34.0 Å². The maximum absolute atomic E-state index is 14.3. The Morgan fingerprint density at radius 3 is 2.49 bits per heavy atom. The molecule has 1 amide bonds. The van der Waals surface area contributed by atoms with Crippen molar-refractivity contribution in [3.05, 3.63) is 93.8 Å². The summed E-state index contributed by atoms with van der Waals surface area (Å²) in [6, 6.07) is 16.7. The minimum atomic E-state index is -1.14. The van der Waals surface area contributed by atoms with Gasteiger partial charge in [-0.1, -0.05) is 48.0 Å². The highest BCUT2D eigenvalue weighted by atomic mass is 35.5. The molecule has 0 unspecified atom stereocenters. The Labute approximate surface area is 207 Å². The van der Waals surface area contributed by atoms with Crippen LogP contribution >= 0.6 is 11.6 Å². The van der Waals surface area contributed by atoms with Crippen molar-refractivity contribution in [2.45, 2.75) is 31.9 Å². The summed E-state index contributed by atoms with van der Waals surface area (Å²) in [6.07, 6.45) is 0.760. The first kappa shape index (κ1) is 24.5. The van der Waals surface area contributed by atoms with Crippen LogP contribution in [0.2, 0.25) is 5.02 Å². The van der Waals surface area contributed by atoms with Crippen molar-refractivity contribution in [3.8, 4) is 11.5 Å². The quantitative estimate of drug-likeness (QED) is 0.465. The third-order valence-electron chi connectivity index (χ3n) is 5.97. The Hall–Kier alpha value is -3.58. The summed E-state index contributed by atoms with van der Waals surface area (Å²) in [6.45, 7) is 1.42. The van der Waals surface area contributed by atoms with E-state index in [2.05, 4.69) is 0 Å². The zero-order valence-electron chi connectivity index (χ0n) is 19.4. The normalized spacial score (nSPS) is 16.3. The monoisotopic (exact) mass is 497 g/mol. The van der Waals surface area contributed by atoms with Crippen molar-refractivity contribution in [1.82, 2.24) is 4.90 Å². The van der Waals surface area contributed by atoms with Crippen LogP contribution in [0.3, 0.4) is 0 Å². The lowest BCUT2D eigenvalue weighted by Gasteiger charge is -2.24. The Morgan fingerprint density at radius 1 is 1.14 bits per heavy atom. The molecule has 0 spiro atoms. The van der Waals surface area contributed by atoms with E-state index in [1.807, 2.05) is 6.92 Å². The summed E-state index contributed by atoms with van der Waals surface area (Å²) >= 11 is 6.24. The molecule has 1 aliphatic heterocycles. The zero-order valence-corrected chi connectivity index (χ0v) is 20.1. The minimum absolute atomic E-state index is 0.0334. The number of ether oxygens (including phenoxy) is 2. The summed E-state index contributed by atoms with van der Waals surface area (Å²) in [5, 5.41) is 9.86. The van der Waals surface area contributed by atoms with Crippen molar-refractivity contribution < 1.29 is 28.6 Å². The highest BCUT2D eigenvalue weighted by molar-refractivity contribution is 6.31. The predicted molar refractivity (Wildman–Crippen MR) is 130 cm³/mol. The molecule has 0 aromatic heterocycles. The number of hydrogen-bond acceptors (Lipinski definition) is 4. The van der Waals surface area contributed by atoms with Crippen molar-refractivity contribution in [2.75, 3.05) is 13.7 Å². The molecular weight excluding hydrogens is 473 g/mol. The fourth-order valence-corrected chi connectivity index (χ4v) is 4.58. The Kier molecular flexibility index (Phi) is 6.98. The molecule has 0 fully saturated rings. The topological polar surface area (TPSA) is 76.1 Å². The second-order valence-corrected chi connectivity index (χ2v) is 9.22. The molecule has 6 nitrogen and oxygen atoms in total. The van der Waals surface area contributed by atoms with E-state index in [1.54, 1.807) is 48.5 Å². The summed E-state index contributed by atoms with van der Waals surface area (Å²) in [5.41, 5.74) is 1.44. The van der Waals surface area contributed by atoms with E-state index in [0.29, 0.717) is 40.5 Å². The number of fused-ring (bicyclic) bond motifs is 1. The summed E-state index contributed by atoms with van der Waals surface area (Å²) < 4.78 is 26.0. The minimum Gasteiger partial charge on any atom is -0.493 e. The fourth-order valence-electron chi connectivity index (χ4n) is 4.39. The van der Waals surface area contributed by atoms with Crippen molar-refractivity contribution in [1.29, 1.82) is 0 Å². The van der Waals surface area contributed by atoms with Gasteiger partial charge in [-0.05, 0) is 42.3 Å². The Morgan fingerprint density at radius 2 is 1.83 bits per heavy atom. The van der Waals surface area contributed by atoms with Crippen molar-refractivity contribution >= 4 is 23.5 Å². The van der Waals surface area contributed by atoms with Crippen LogP contribution in [-0.4, -0.2) is 41.1 Å². The number of carbonyl (C=O) groups excluding carboxylic acids is 1. The number of hydrogen-bond donors (Lipinski definition) is 1. The molecule has 0 aliphatic carbocycles. The fraction of sp³-hybridized carbons (Fsp3) is 0.259. The predicted octanol–water partition coefficient (Wildman–Crippen LogP) is 5.15. The van der Waals surface area contributed by atoms with Gasteiger partial charge in [0.15, 0.2) is 11.5 Å². The maximum atomic E-state index is 14.3. The molecule has 1 heterocycles. The number of carboxylic acids is 1. The lowest BCUT2D eigenvalue weighted by molar-refractivity contribution is -0.137. The van der Waals surface area contributed by atoms with Gasteiger partial charge in [0.25, 0.3) is 5.91 Å². The number of methoxy groups -OCH3 is 1. The number of carbonyl (C=O) groups is 2.